The van der Waals surface area contributed by atoms with Gasteiger partial charge in [-0.2, -0.15) is 0 Å². The zero-order chi connectivity index (χ0) is 19.4. The molecule has 0 unspecified atom stereocenters. The van der Waals surface area contributed by atoms with Gasteiger partial charge in [0.15, 0.2) is 0 Å². The first kappa shape index (κ1) is 22.8. The monoisotopic (exact) mass is 588 g/mol. The molecule has 0 saturated heterocycles. The van der Waals surface area contributed by atoms with Crippen molar-refractivity contribution in [1.29, 1.82) is 0 Å². The molecule has 0 saturated carbocycles. The van der Waals surface area contributed by atoms with Gasteiger partial charge in [0.1, 0.15) is 0 Å². The topological polar surface area (TPSA) is 71.1 Å². The minimum atomic E-state index is -2.16. The van der Waals surface area contributed by atoms with Gasteiger partial charge in [0.25, 0.3) is 0 Å². The number of benzene rings is 2. The van der Waals surface area contributed by atoms with Crippen molar-refractivity contribution in [1.82, 2.24) is 0 Å². The van der Waals surface area contributed by atoms with Gasteiger partial charge in [-0.15, -0.1) is 0 Å². The number of hydrogen-bond donors (Lipinski definition) is 0. The summed E-state index contributed by atoms with van der Waals surface area (Å²) in [6.07, 6.45) is 0. The Hall–Kier alpha value is -1.24. The standard InChI is InChI=1S/2C9H11IO3/c2*1-8(11)13-10(12-2)9-6-4-3-5-7-9/h2*3-7H,1-2H3. The van der Waals surface area contributed by atoms with E-state index in [0.29, 0.717) is 0 Å². The molecule has 0 fully saturated rings. The van der Waals surface area contributed by atoms with Gasteiger partial charge in [0, 0.05) is 0 Å². The molecule has 0 spiro atoms. The fourth-order valence-corrected chi connectivity index (χ4v) is 6.58. The average molecular weight is 588 g/mol. The predicted molar refractivity (Wildman–Crippen MR) is 116 cm³/mol. The number of rotatable bonds is 6. The van der Waals surface area contributed by atoms with Crippen molar-refractivity contribution in [2.24, 2.45) is 0 Å². The number of halogens is 2. The molecule has 8 heteroatoms. The summed E-state index contributed by atoms with van der Waals surface area (Å²) in [5, 5.41) is 0. The quantitative estimate of drug-likeness (QED) is 0.452. The van der Waals surface area contributed by atoms with E-state index < -0.39 is 41.3 Å². The molecule has 0 aliphatic heterocycles. The van der Waals surface area contributed by atoms with Crippen molar-refractivity contribution in [3.63, 3.8) is 0 Å². The van der Waals surface area contributed by atoms with Gasteiger partial charge in [-0.1, -0.05) is 0 Å². The summed E-state index contributed by atoms with van der Waals surface area (Å²) >= 11 is -4.31. The van der Waals surface area contributed by atoms with Gasteiger partial charge in [-0.3, -0.25) is 0 Å². The average Bonchev–Trinajstić information content (AvgIpc) is 2.66. The van der Waals surface area contributed by atoms with E-state index in [1.54, 1.807) is 14.2 Å². The van der Waals surface area contributed by atoms with Crippen molar-refractivity contribution in [2.45, 2.75) is 13.8 Å². The summed E-state index contributed by atoms with van der Waals surface area (Å²) in [5.41, 5.74) is 0. The second kappa shape index (κ2) is 13.0. The maximum absolute atomic E-state index is 10.7. The second-order valence-corrected chi connectivity index (χ2v) is 12.1. The predicted octanol–water partition coefficient (Wildman–Crippen LogP) is 4.80. The molecule has 2 aromatic rings. The Balaban J connectivity index is 0.000000260. The normalized spacial score (nSPS) is 10.8. The first-order valence-electron chi connectivity index (χ1n) is 7.45. The van der Waals surface area contributed by atoms with Crippen LogP contribution in [-0.4, -0.2) is 26.2 Å². The number of hydrogen-bond acceptors (Lipinski definition) is 6. The van der Waals surface area contributed by atoms with Crippen molar-refractivity contribution in [3.05, 3.63) is 67.8 Å². The molecule has 0 radical (unpaired) electrons. The van der Waals surface area contributed by atoms with Gasteiger partial charge < -0.3 is 0 Å². The third-order valence-corrected chi connectivity index (χ3v) is 9.57. The first-order valence-corrected chi connectivity index (χ1v) is 13.1. The fourth-order valence-electron chi connectivity index (χ4n) is 1.56. The van der Waals surface area contributed by atoms with Crippen LogP contribution in [-0.2, 0) is 21.9 Å². The van der Waals surface area contributed by atoms with Crippen LogP contribution in [0.4, 0.5) is 0 Å². The molecular weight excluding hydrogens is 566 g/mol. The van der Waals surface area contributed by atoms with E-state index in [2.05, 4.69) is 0 Å². The molecule has 26 heavy (non-hydrogen) atoms. The Morgan fingerprint density at radius 2 is 0.962 bits per heavy atom. The summed E-state index contributed by atoms with van der Waals surface area (Å²) < 4.78 is 22.5. The molecule has 0 heterocycles. The van der Waals surface area contributed by atoms with Crippen LogP contribution in [0.2, 0.25) is 0 Å². The van der Waals surface area contributed by atoms with Gasteiger partial charge >= 0.3 is 171 Å². The molecule has 0 atom stereocenters. The first-order chi connectivity index (χ1) is 12.5. The summed E-state index contributed by atoms with van der Waals surface area (Å²) in [6, 6.07) is 19.1. The molecule has 0 N–H and O–H groups in total. The third-order valence-electron chi connectivity index (χ3n) is 2.46. The zero-order valence-corrected chi connectivity index (χ0v) is 19.3. The van der Waals surface area contributed by atoms with E-state index in [0.717, 1.165) is 7.14 Å². The Labute approximate surface area is 170 Å². The molecule has 144 valence electrons. The maximum atomic E-state index is 10.7. The van der Waals surface area contributed by atoms with Crippen molar-refractivity contribution >= 4 is 53.2 Å². The SMILES string of the molecule is COI(OC(C)=O)c1ccccc1.COI(OC(C)=O)c1ccccc1. The van der Waals surface area contributed by atoms with Crippen LogP contribution in [0.1, 0.15) is 13.8 Å². The molecule has 2 rings (SSSR count). The third kappa shape index (κ3) is 8.92. The van der Waals surface area contributed by atoms with Crippen LogP contribution in [0.15, 0.2) is 60.7 Å². The second-order valence-electron chi connectivity index (χ2n) is 4.47. The van der Waals surface area contributed by atoms with E-state index in [1.807, 2.05) is 60.7 Å². The molecule has 2 aromatic carbocycles. The Bertz CT molecular complexity index is 606. The van der Waals surface area contributed by atoms with E-state index in [4.69, 9.17) is 12.3 Å². The molecule has 0 aliphatic rings. The van der Waals surface area contributed by atoms with E-state index in [1.165, 1.54) is 13.8 Å². The zero-order valence-electron chi connectivity index (χ0n) is 15.0. The molecule has 6 nitrogen and oxygen atoms in total. The van der Waals surface area contributed by atoms with Crippen molar-refractivity contribution in [3.8, 4) is 0 Å². The molecule has 0 aliphatic carbocycles. The van der Waals surface area contributed by atoms with Crippen LogP contribution in [0.25, 0.3) is 0 Å². The van der Waals surface area contributed by atoms with Gasteiger partial charge in [-0.05, 0) is 0 Å². The summed E-state index contributed by atoms with van der Waals surface area (Å²) in [4.78, 5) is 21.4. The van der Waals surface area contributed by atoms with E-state index in [-0.39, 0.29) is 11.9 Å². The van der Waals surface area contributed by atoms with Gasteiger partial charge in [0.2, 0.25) is 0 Å². The molecule has 0 aromatic heterocycles. The van der Waals surface area contributed by atoms with E-state index in [9.17, 15) is 9.59 Å². The van der Waals surface area contributed by atoms with Crippen LogP contribution in [0.5, 0.6) is 0 Å². The van der Waals surface area contributed by atoms with Gasteiger partial charge in [0.05, 0.1) is 0 Å². The van der Waals surface area contributed by atoms with Gasteiger partial charge in [-0.25, -0.2) is 0 Å². The summed E-state index contributed by atoms with van der Waals surface area (Å²) in [5.74, 6) is -0.563. The van der Waals surface area contributed by atoms with Crippen LogP contribution < -0.4 is 0 Å². The minimum absolute atomic E-state index is 0.282. The number of carbonyl (C=O) groups is 2. The van der Waals surface area contributed by atoms with E-state index >= 15 is 0 Å². The Kier molecular flexibility index (Phi) is 11.4. The Morgan fingerprint density at radius 3 is 1.19 bits per heavy atom. The van der Waals surface area contributed by atoms with Crippen LogP contribution in [0.3, 0.4) is 0 Å². The van der Waals surface area contributed by atoms with Crippen molar-refractivity contribution < 1.29 is 21.9 Å². The number of carbonyl (C=O) groups excluding carboxylic acids is 2. The molecular formula is C18H22I2O6. The summed E-state index contributed by atoms with van der Waals surface area (Å²) in [6.45, 7) is 2.79. The van der Waals surface area contributed by atoms with Crippen molar-refractivity contribution in [2.75, 3.05) is 14.2 Å². The van der Waals surface area contributed by atoms with Crippen LogP contribution >= 0.6 is 41.3 Å². The summed E-state index contributed by atoms with van der Waals surface area (Å²) in [7, 11) is 3.14. The molecule has 0 bridgehead atoms. The Morgan fingerprint density at radius 1 is 0.654 bits per heavy atom. The molecule has 0 amide bonds. The fraction of sp³-hybridized carbons (Fsp3) is 0.222. The van der Waals surface area contributed by atoms with Crippen LogP contribution in [0, 0.1) is 7.14 Å².